The van der Waals surface area contributed by atoms with Gasteiger partial charge in [-0.1, -0.05) is 12.1 Å². The van der Waals surface area contributed by atoms with E-state index in [1.807, 2.05) is 0 Å². The molecule has 1 aromatic rings. The minimum Gasteiger partial charge on any atom is -0.452 e. The summed E-state index contributed by atoms with van der Waals surface area (Å²) in [6.45, 7) is -3.62. The van der Waals surface area contributed by atoms with Crippen molar-refractivity contribution in [1.29, 1.82) is 0 Å². The summed E-state index contributed by atoms with van der Waals surface area (Å²) in [4.78, 5) is 35.5. The maximum atomic E-state index is 12.0. The summed E-state index contributed by atoms with van der Waals surface area (Å²) in [7, 11) is 3.09. The number of likely N-dealkylation sites (N-methyl/N-ethyl adjacent to an activating group) is 1. The van der Waals surface area contributed by atoms with E-state index in [-0.39, 0.29) is 18.2 Å². The van der Waals surface area contributed by atoms with Crippen LogP contribution in [0, 0.1) is 0 Å². The van der Waals surface area contributed by atoms with Crippen molar-refractivity contribution in [2.24, 2.45) is 0 Å². The van der Waals surface area contributed by atoms with Gasteiger partial charge in [0.1, 0.15) is 5.75 Å². The number of carbonyl (C=O) groups excluding carboxylic acids is 3. The first-order chi connectivity index (χ1) is 11.8. The zero-order valence-corrected chi connectivity index (χ0v) is 13.7. The van der Waals surface area contributed by atoms with E-state index >= 15 is 0 Å². The van der Waals surface area contributed by atoms with Gasteiger partial charge in [-0.2, -0.15) is 8.78 Å². The maximum Gasteiger partial charge on any atom is 0.387 e. The van der Waals surface area contributed by atoms with Gasteiger partial charge >= 0.3 is 12.6 Å². The summed E-state index contributed by atoms with van der Waals surface area (Å²) in [6, 6.07) is 5.60. The van der Waals surface area contributed by atoms with Crippen molar-refractivity contribution in [3.05, 3.63) is 35.9 Å². The van der Waals surface area contributed by atoms with Gasteiger partial charge < -0.3 is 19.7 Å². The van der Waals surface area contributed by atoms with Gasteiger partial charge in [0.2, 0.25) is 5.91 Å². The molecular formula is C16H18F2N2O5. The Morgan fingerprint density at radius 3 is 2.40 bits per heavy atom. The molecule has 0 saturated carbocycles. The lowest BCUT2D eigenvalue weighted by molar-refractivity contribution is -0.144. The van der Waals surface area contributed by atoms with E-state index in [1.54, 1.807) is 14.1 Å². The van der Waals surface area contributed by atoms with Gasteiger partial charge in [0, 0.05) is 20.2 Å². The molecule has 9 heteroatoms. The van der Waals surface area contributed by atoms with Crippen LogP contribution in [0.3, 0.4) is 0 Å². The van der Waals surface area contributed by atoms with Gasteiger partial charge in [0.25, 0.3) is 5.91 Å². The fraction of sp³-hybridized carbons (Fsp3) is 0.312. The summed E-state index contributed by atoms with van der Waals surface area (Å²) in [5, 5.41) is 2.31. The second-order valence-corrected chi connectivity index (χ2v) is 4.95. The average Bonchev–Trinajstić information content (AvgIpc) is 2.56. The second kappa shape index (κ2) is 10.0. The Kier molecular flexibility index (Phi) is 8.04. The molecule has 1 rings (SSSR count). The van der Waals surface area contributed by atoms with Gasteiger partial charge in [0.05, 0.1) is 6.54 Å². The van der Waals surface area contributed by atoms with Crippen molar-refractivity contribution in [1.82, 2.24) is 10.2 Å². The summed E-state index contributed by atoms with van der Waals surface area (Å²) >= 11 is 0. The smallest absolute Gasteiger partial charge is 0.387 e. The highest BCUT2D eigenvalue weighted by atomic mass is 19.3. The van der Waals surface area contributed by atoms with Gasteiger partial charge in [-0.25, -0.2) is 4.79 Å². The Bertz CT molecular complexity index is 630. The van der Waals surface area contributed by atoms with Crippen LogP contribution in [-0.2, 0) is 19.1 Å². The number of hydrogen-bond donors (Lipinski definition) is 1. The number of halogens is 2. The zero-order valence-electron chi connectivity index (χ0n) is 13.7. The molecule has 25 heavy (non-hydrogen) atoms. The Morgan fingerprint density at radius 2 is 1.84 bits per heavy atom. The number of amides is 2. The van der Waals surface area contributed by atoms with Crippen LogP contribution in [0.5, 0.6) is 5.75 Å². The monoisotopic (exact) mass is 356 g/mol. The van der Waals surface area contributed by atoms with Crippen molar-refractivity contribution in [2.75, 3.05) is 27.2 Å². The molecule has 0 unspecified atom stereocenters. The van der Waals surface area contributed by atoms with Crippen molar-refractivity contribution >= 4 is 23.9 Å². The Morgan fingerprint density at radius 1 is 1.20 bits per heavy atom. The molecule has 0 aromatic heterocycles. The molecule has 2 amide bonds. The first kappa shape index (κ1) is 20.1. The molecule has 0 bridgehead atoms. The number of rotatable bonds is 8. The number of carbonyl (C=O) groups is 3. The average molecular weight is 356 g/mol. The quantitative estimate of drug-likeness (QED) is 0.556. The first-order valence-corrected chi connectivity index (χ1v) is 7.14. The Balaban J connectivity index is 2.37. The number of esters is 1. The molecule has 0 aliphatic heterocycles. The van der Waals surface area contributed by atoms with E-state index in [0.717, 1.165) is 6.08 Å². The lowest BCUT2D eigenvalue weighted by atomic mass is 10.2. The molecule has 0 fully saturated rings. The summed E-state index contributed by atoms with van der Waals surface area (Å²) < 4.78 is 32.9. The Hall–Kier alpha value is -2.97. The van der Waals surface area contributed by atoms with Crippen LogP contribution in [0.25, 0.3) is 6.08 Å². The predicted octanol–water partition coefficient (Wildman–Crippen LogP) is 1.05. The highest BCUT2D eigenvalue weighted by Crippen LogP contribution is 2.15. The minimum absolute atomic E-state index is 0.00123. The fourth-order valence-corrected chi connectivity index (χ4v) is 1.49. The largest absolute Gasteiger partial charge is 0.452 e. The minimum atomic E-state index is -2.91. The van der Waals surface area contributed by atoms with E-state index in [0.29, 0.717) is 5.56 Å². The van der Waals surface area contributed by atoms with E-state index in [2.05, 4.69) is 10.1 Å². The lowest BCUT2D eigenvalue weighted by Gasteiger charge is -2.10. The van der Waals surface area contributed by atoms with Crippen LogP contribution in [0.4, 0.5) is 8.78 Å². The molecule has 0 radical (unpaired) electrons. The predicted molar refractivity (Wildman–Crippen MR) is 84.8 cm³/mol. The highest BCUT2D eigenvalue weighted by molar-refractivity contribution is 5.90. The summed E-state index contributed by atoms with van der Waals surface area (Å²) in [5.41, 5.74) is 0.555. The molecule has 7 nitrogen and oxygen atoms in total. The summed E-state index contributed by atoms with van der Waals surface area (Å²) in [5.74, 6) is -1.66. The van der Waals surface area contributed by atoms with Crippen LogP contribution in [0.1, 0.15) is 5.56 Å². The topological polar surface area (TPSA) is 84.9 Å². The van der Waals surface area contributed by atoms with E-state index in [4.69, 9.17) is 4.74 Å². The third-order valence-electron chi connectivity index (χ3n) is 2.80. The standard InChI is InChI=1S/C16H18F2N2O5/c1-20(2)14(22)9-19-13(21)10-24-15(23)8-5-11-3-6-12(7-4-11)25-16(17)18/h3-8,16H,9-10H2,1-2H3,(H,19,21)/b8-5+. The van der Waals surface area contributed by atoms with Gasteiger partial charge in [0.15, 0.2) is 6.61 Å². The van der Waals surface area contributed by atoms with Gasteiger partial charge in [-0.3, -0.25) is 9.59 Å². The van der Waals surface area contributed by atoms with E-state index < -0.39 is 25.1 Å². The first-order valence-electron chi connectivity index (χ1n) is 7.14. The number of benzene rings is 1. The molecular weight excluding hydrogens is 338 g/mol. The van der Waals surface area contributed by atoms with Crippen LogP contribution >= 0.6 is 0 Å². The summed E-state index contributed by atoms with van der Waals surface area (Å²) in [6.07, 6.45) is 2.48. The number of alkyl halides is 2. The molecule has 1 aromatic carbocycles. The highest BCUT2D eigenvalue weighted by Gasteiger charge is 2.09. The van der Waals surface area contributed by atoms with Crippen LogP contribution in [0.15, 0.2) is 30.3 Å². The van der Waals surface area contributed by atoms with Gasteiger partial charge in [-0.15, -0.1) is 0 Å². The molecule has 1 N–H and O–H groups in total. The molecule has 0 aliphatic carbocycles. The van der Waals surface area contributed by atoms with Crippen molar-refractivity contribution < 1.29 is 32.6 Å². The van der Waals surface area contributed by atoms with Crippen molar-refractivity contribution in [2.45, 2.75) is 6.61 Å². The van der Waals surface area contributed by atoms with E-state index in [9.17, 15) is 23.2 Å². The maximum absolute atomic E-state index is 12.0. The number of ether oxygens (including phenoxy) is 2. The van der Waals surface area contributed by atoms with Gasteiger partial charge in [-0.05, 0) is 23.8 Å². The number of nitrogens with one attached hydrogen (secondary N) is 1. The van der Waals surface area contributed by atoms with Crippen LogP contribution < -0.4 is 10.1 Å². The molecule has 136 valence electrons. The number of nitrogens with zero attached hydrogens (tertiary/aromatic N) is 1. The zero-order chi connectivity index (χ0) is 18.8. The lowest BCUT2D eigenvalue weighted by Crippen LogP contribution is -2.38. The molecule has 0 atom stereocenters. The van der Waals surface area contributed by atoms with Crippen LogP contribution in [-0.4, -0.2) is 56.5 Å². The molecule has 0 saturated heterocycles. The normalized spacial score (nSPS) is 10.6. The Labute approximate surface area is 143 Å². The van der Waals surface area contributed by atoms with E-state index in [1.165, 1.54) is 35.2 Å². The SMILES string of the molecule is CN(C)C(=O)CNC(=O)COC(=O)/C=C/c1ccc(OC(F)F)cc1. The molecule has 0 spiro atoms. The molecule has 0 aliphatic rings. The molecule has 0 heterocycles. The second-order valence-electron chi connectivity index (χ2n) is 4.95. The van der Waals surface area contributed by atoms with Crippen molar-refractivity contribution in [3.8, 4) is 5.75 Å². The third kappa shape index (κ3) is 8.45. The third-order valence-corrected chi connectivity index (χ3v) is 2.80. The fourth-order valence-electron chi connectivity index (χ4n) is 1.49. The van der Waals surface area contributed by atoms with Crippen LogP contribution in [0.2, 0.25) is 0 Å². The number of hydrogen-bond acceptors (Lipinski definition) is 5. The van der Waals surface area contributed by atoms with Crippen molar-refractivity contribution in [3.63, 3.8) is 0 Å².